The van der Waals surface area contributed by atoms with Crippen molar-refractivity contribution in [3.8, 4) is 0 Å². The minimum atomic E-state index is 0.136. The van der Waals surface area contributed by atoms with E-state index in [9.17, 15) is 4.79 Å². The Kier molecular flexibility index (Phi) is 3.10. The van der Waals surface area contributed by atoms with Crippen LogP contribution in [0.5, 0.6) is 0 Å². The van der Waals surface area contributed by atoms with Crippen LogP contribution in [0.4, 0.5) is 0 Å². The molecule has 2 heterocycles. The Balaban J connectivity index is 1.94. The topological polar surface area (TPSA) is 29.5 Å². The largest absolute Gasteiger partial charge is 0.380 e. The molecule has 15 heavy (non-hydrogen) atoms. The van der Waals surface area contributed by atoms with Gasteiger partial charge in [-0.25, -0.2) is 0 Å². The highest BCUT2D eigenvalue weighted by atomic mass is 16.5. The Bertz CT molecular complexity index is 279. The summed E-state index contributed by atoms with van der Waals surface area (Å²) < 4.78 is 5.06. The maximum Gasteiger partial charge on any atom is 0.230 e. The van der Waals surface area contributed by atoms with Crippen molar-refractivity contribution in [2.24, 2.45) is 11.8 Å². The fourth-order valence-electron chi connectivity index (χ4n) is 2.01. The SMILES string of the molecule is CC(C)C1=CCCN(C(=O)C2COC2)C1. The van der Waals surface area contributed by atoms with Crippen LogP contribution in [0.1, 0.15) is 20.3 Å². The van der Waals surface area contributed by atoms with E-state index in [0.717, 1.165) is 19.5 Å². The first kappa shape index (κ1) is 10.7. The van der Waals surface area contributed by atoms with Crippen LogP contribution in [0.25, 0.3) is 0 Å². The molecule has 2 rings (SSSR count). The molecule has 0 aromatic carbocycles. The number of carbonyl (C=O) groups excluding carboxylic acids is 1. The molecule has 0 aromatic heterocycles. The molecule has 1 fully saturated rings. The van der Waals surface area contributed by atoms with E-state index in [1.165, 1.54) is 5.57 Å². The van der Waals surface area contributed by atoms with Crippen LogP contribution in [0.3, 0.4) is 0 Å². The monoisotopic (exact) mass is 209 g/mol. The minimum Gasteiger partial charge on any atom is -0.380 e. The van der Waals surface area contributed by atoms with Crippen LogP contribution in [-0.2, 0) is 9.53 Å². The van der Waals surface area contributed by atoms with Crippen molar-refractivity contribution in [2.45, 2.75) is 20.3 Å². The van der Waals surface area contributed by atoms with Gasteiger partial charge in [0.1, 0.15) is 0 Å². The molecule has 0 atom stereocenters. The van der Waals surface area contributed by atoms with Crippen LogP contribution in [0.15, 0.2) is 11.6 Å². The first-order valence-corrected chi connectivity index (χ1v) is 5.74. The predicted molar refractivity (Wildman–Crippen MR) is 58.4 cm³/mol. The summed E-state index contributed by atoms with van der Waals surface area (Å²) in [5.74, 6) is 0.974. The van der Waals surface area contributed by atoms with Gasteiger partial charge in [-0.2, -0.15) is 0 Å². The van der Waals surface area contributed by atoms with Crippen LogP contribution in [0.2, 0.25) is 0 Å². The Labute approximate surface area is 91.1 Å². The second-order valence-electron chi connectivity index (χ2n) is 4.72. The molecule has 2 aliphatic rings. The maximum atomic E-state index is 12.0. The molecule has 1 amide bonds. The molecular formula is C12H19NO2. The molecule has 1 saturated heterocycles. The molecular weight excluding hydrogens is 190 g/mol. The summed E-state index contributed by atoms with van der Waals surface area (Å²) >= 11 is 0. The molecule has 0 aliphatic carbocycles. The van der Waals surface area contributed by atoms with E-state index in [1.807, 2.05) is 4.90 Å². The maximum absolute atomic E-state index is 12.0. The van der Waals surface area contributed by atoms with Crippen molar-refractivity contribution in [3.63, 3.8) is 0 Å². The lowest BCUT2D eigenvalue weighted by molar-refractivity contribution is -0.149. The van der Waals surface area contributed by atoms with Gasteiger partial charge in [-0.1, -0.05) is 25.5 Å². The summed E-state index contributed by atoms with van der Waals surface area (Å²) in [6, 6.07) is 0. The first-order chi connectivity index (χ1) is 7.18. The molecule has 0 radical (unpaired) electrons. The molecule has 3 heteroatoms. The average Bonchev–Trinajstić information content (AvgIpc) is 2.15. The molecule has 0 bridgehead atoms. The molecule has 84 valence electrons. The Morgan fingerprint density at radius 2 is 2.27 bits per heavy atom. The van der Waals surface area contributed by atoms with Crippen LogP contribution < -0.4 is 0 Å². The smallest absolute Gasteiger partial charge is 0.230 e. The molecule has 0 N–H and O–H groups in total. The van der Waals surface area contributed by atoms with E-state index in [4.69, 9.17) is 4.74 Å². The zero-order chi connectivity index (χ0) is 10.8. The third kappa shape index (κ3) is 2.23. The number of hydrogen-bond acceptors (Lipinski definition) is 2. The van der Waals surface area contributed by atoms with Gasteiger partial charge in [0.05, 0.1) is 19.1 Å². The number of carbonyl (C=O) groups is 1. The lowest BCUT2D eigenvalue weighted by Crippen LogP contribution is -2.47. The molecule has 0 spiro atoms. The highest BCUT2D eigenvalue weighted by molar-refractivity contribution is 5.80. The number of rotatable bonds is 2. The Hall–Kier alpha value is -0.830. The van der Waals surface area contributed by atoms with E-state index >= 15 is 0 Å². The number of nitrogens with zero attached hydrogens (tertiary/aromatic N) is 1. The molecule has 3 nitrogen and oxygen atoms in total. The van der Waals surface area contributed by atoms with Crippen molar-refractivity contribution in [2.75, 3.05) is 26.3 Å². The predicted octanol–water partition coefficient (Wildman–Crippen LogP) is 1.45. The first-order valence-electron chi connectivity index (χ1n) is 5.74. The van der Waals surface area contributed by atoms with E-state index in [1.54, 1.807) is 0 Å². The van der Waals surface area contributed by atoms with E-state index in [-0.39, 0.29) is 11.8 Å². The third-order valence-corrected chi connectivity index (χ3v) is 3.22. The van der Waals surface area contributed by atoms with Gasteiger partial charge in [0.2, 0.25) is 5.91 Å². The Morgan fingerprint density at radius 3 is 2.80 bits per heavy atom. The lowest BCUT2D eigenvalue weighted by Gasteiger charge is -2.34. The number of amides is 1. The molecule has 0 unspecified atom stereocenters. The summed E-state index contributed by atoms with van der Waals surface area (Å²) in [4.78, 5) is 14.0. The number of ether oxygens (including phenoxy) is 1. The minimum absolute atomic E-state index is 0.136. The van der Waals surface area contributed by atoms with Gasteiger partial charge in [0.15, 0.2) is 0 Å². The van der Waals surface area contributed by atoms with Gasteiger partial charge in [0, 0.05) is 13.1 Å². The van der Waals surface area contributed by atoms with Gasteiger partial charge < -0.3 is 9.64 Å². The highest BCUT2D eigenvalue weighted by Gasteiger charge is 2.31. The average molecular weight is 209 g/mol. The zero-order valence-corrected chi connectivity index (χ0v) is 9.53. The summed E-state index contributed by atoms with van der Waals surface area (Å²) in [5.41, 5.74) is 1.40. The quantitative estimate of drug-likeness (QED) is 0.644. The van der Waals surface area contributed by atoms with Gasteiger partial charge in [-0.15, -0.1) is 0 Å². The van der Waals surface area contributed by atoms with Crippen molar-refractivity contribution in [1.29, 1.82) is 0 Å². The summed E-state index contributed by atoms with van der Waals surface area (Å²) in [5, 5.41) is 0. The van der Waals surface area contributed by atoms with Crippen molar-refractivity contribution < 1.29 is 9.53 Å². The highest BCUT2D eigenvalue weighted by Crippen LogP contribution is 2.21. The van der Waals surface area contributed by atoms with Gasteiger partial charge in [0.25, 0.3) is 0 Å². The Morgan fingerprint density at radius 1 is 1.53 bits per heavy atom. The van der Waals surface area contributed by atoms with Crippen molar-refractivity contribution >= 4 is 5.91 Å². The van der Waals surface area contributed by atoms with Gasteiger partial charge >= 0.3 is 0 Å². The summed E-state index contributed by atoms with van der Waals surface area (Å²) in [6.45, 7) is 7.32. The van der Waals surface area contributed by atoms with Crippen LogP contribution in [0, 0.1) is 11.8 Å². The van der Waals surface area contributed by atoms with E-state index < -0.39 is 0 Å². The second-order valence-corrected chi connectivity index (χ2v) is 4.72. The van der Waals surface area contributed by atoms with E-state index in [0.29, 0.717) is 19.1 Å². The van der Waals surface area contributed by atoms with Gasteiger partial charge in [-0.05, 0) is 12.3 Å². The normalized spacial score (nSPS) is 22.6. The summed E-state index contributed by atoms with van der Waals surface area (Å²) in [6.07, 6.45) is 3.29. The molecule has 0 saturated carbocycles. The lowest BCUT2D eigenvalue weighted by atomic mass is 9.97. The van der Waals surface area contributed by atoms with E-state index in [2.05, 4.69) is 19.9 Å². The fraction of sp³-hybridized carbons (Fsp3) is 0.750. The summed E-state index contributed by atoms with van der Waals surface area (Å²) in [7, 11) is 0. The second kappa shape index (κ2) is 4.35. The third-order valence-electron chi connectivity index (χ3n) is 3.22. The fourth-order valence-corrected chi connectivity index (χ4v) is 2.01. The molecule has 0 aromatic rings. The van der Waals surface area contributed by atoms with Crippen molar-refractivity contribution in [3.05, 3.63) is 11.6 Å². The zero-order valence-electron chi connectivity index (χ0n) is 9.53. The molecule has 2 aliphatic heterocycles. The number of hydrogen-bond donors (Lipinski definition) is 0. The van der Waals surface area contributed by atoms with Gasteiger partial charge in [-0.3, -0.25) is 4.79 Å². The van der Waals surface area contributed by atoms with Crippen molar-refractivity contribution in [1.82, 2.24) is 4.90 Å². The standard InChI is InChI=1S/C12H19NO2/c1-9(2)10-4-3-5-13(6-10)12(14)11-7-15-8-11/h4,9,11H,3,5-8H2,1-2H3. The van der Waals surface area contributed by atoms with Crippen LogP contribution >= 0.6 is 0 Å². The van der Waals surface area contributed by atoms with Crippen LogP contribution in [-0.4, -0.2) is 37.1 Å².